The van der Waals surface area contributed by atoms with Crippen LogP contribution in [0.3, 0.4) is 0 Å². The lowest BCUT2D eigenvalue weighted by Gasteiger charge is -2.09. The van der Waals surface area contributed by atoms with Crippen LogP contribution in [0.5, 0.6) is 0 Å². The fourth-order valence-electron chi connectivity index (χ4n) is 1.54. The third-order valence-corrected chi connectivity index (χ3v) is 4.42. The molecule has 2 heterocycles. The number of hydrogen-bond acceptors (Lipinski definition) is 6. The molecule has 6 heteroatoms. The van der Waals surface area contributed by atoms with Crippen molar-refractivity contribution in [1.29, 1.82) is 0 Å². The molecule has 0 spiro atoms. The summed E-state index contributed by atoms with van der Waals surface area (Å²) < 4.78 is 0. The highest BCUT2D eigenvalue weighted by Gasteiger charge is 2.09. The molecule has 4 nitrogen and oxygen atoms in total. The number of fused-ring (bicyclic) bond motifs is 1. The van der Waals surface area contributed by atoms with Crippen LogP contribution in [0.4, 0.5) is 5.82 Å². The van der Waals surface area contributed by atoms with Gasteiger partial charge in [-0.1, -0.05) is 6.92 Å². The van der Waals surface area contributed by atoms with Gasteiger partial charge in [0.1, 0.15) is 16.5 Å². The minimum absolute atomic E-state index is 0.186. The molecule has 2 aromatic rings. The van der Waals surface area contributed by atoms with E-state index in [9.17, 15) is 0 Å². The van der Waals surface area contributed by atoms with Gasteiger partial charge in [-0.2, -0.15) is 0 Å². The van der Waals surface area contributed by atoms with Crippen LogP contribution >= 0.6 is 23.1 Å². The van der Waals surface area contributed by atoms with Crippen molar-refractivity contribution < 1.29 is 5.11 Å². The van der Waals surface area contributed by atoms with Crippen LogP contribution in [0.2, 0.25) is 0 Å². The second-order valence-corrected chi connectivity index (χ2v) is 6.28. The van der Waals surface area contributed by atoms with Crippen LogP contribution in [0.1, 0.15) is 19.7 Å². The summed E-state index contributed by atoms with van der Waals surface area (Å²) in [6, 6.07) is 2.05. The first-order valence-corrected chi connectivity index (χ1v) is 7.88. The van der Waals surface area contributed by atoms with E-state index in [-0.39, 0.29) is 11.9 Å². The second-order valence-electron chi connectivity index (χ2n) is 3.96. The third kappa shape index (κ3) is 3.13. The van der Waals surface area contributed by atoms with Crippen molar-refractivity contribution in [3.05, 3.63) is 17.3 Å². The number of aliphatic hydroxyl groups is 1. The molecular formula is C12H17N3OS2. The van der Waals surface area contributed by atoms with Crippen molar-refractivity contribution in [2.45, 2.75) is 24.9 Å². The normalized spacial score (nSPS) is 12.8. The molecule has 0 saturated heterocycles. The molecular weight excluding hydrogens is 266 g/mol. The van der Waals surface area contributed by atoms with Gasteiger partial charge in [0.25, 0.3) is 0 Å². The highest BCUT2D eigenvalue weighted by atomic mass is 32.2. The standard InChI is InChI=1S/C12H17N3OS2/c1-3-13-11-9-4-5-17-12(9)15-10(14-11)7-18-8(2)6-16/h4-5,8,16H,3,6-7H2,1-2H3,(H,13,14,15). The summed E-state index contributed by atoms with van der Waals surface area (Å²) in [7, 11) is 0. The van der Waals surface area contributed by atoms with Gasteiger partial charge in [0.05, 0.1) is 17.7 Å². The molecule has 0 radical (unpaired) electrons. The molecule has 1 atom stereocenters. The van der Waals surface area contributed by atoms with Gasteiger partial charge in [0.2, 0.25) is 0 Å². The SMILES string of the molecule is CCNc1nc(CSC(C)CO)nc2sccc12. The minimum atomic E-state index is 0.186. The fourth-order valence-corrected chi connectivity index (χ4v) is 2.99. The fraction of sp³-hybridized carbons (Fsp3) is 0.500. The maximum absolute atomic E-state index is 9.02. The Kier molecular flexibility index (Phi) is 4.79. The van der Waals surface area contributed by atoms with Crippen LogP contribution in [0, 0.1) is 0 Å². The number of anilines is 1. The molecule has 0 aliphatic rings. The summed E-state index contributed by atoms with van der Waals surface area (Å²) >= 11 is 3.30. The number of nitrogens with one attached hydrogen (secondary N) is 1. The zero-order chi connectivity index (χ0) is 13.0. The lowest BCUT2D eigenvalue weighted by atomic mass is 10.3. The summed E-state index contributed by atoms with van der Waals surface area (Å²) in [5, 5.41) is 15.6. The van der Waals surface area contributed by atoms with Crippen molar-refractivity contribution in [3.63, 3.8) is 0 Å². The minimum Gasteiger partial charge on any atom is -0.395 e. The lowest BCUT2D eigenvalue weighted by molar-refractivity contribution is 0.300. The van der Waals surface area contributed by atoms with E-state index in [2.05, 4.69) is 22.2 Å². The zero-order valence-electron chi connectivity index (χ0n) is 10.5. The van der Waals surface area contributed by atoms with Crippen molar-refractivity contribution in [2.75, 3.05) is 18.5 Å². The molecule has 0 aromatic carbocycles. The Balaban J connectivity index is 2.22. The molecule has 1 unspecified atom stereocenters. The maximum atomic E-state index is 9.02. The van der Waals surface area contributed by atoms with Crippen LogP contribution in [0.25, 0.3) is 10.2 Å². The van der Waals surface area contributed by atoms with Gasteiger partial charge in [-0.05, 0) is 18.4 Å². The molecule has 0 bridgehead atoms. The van der Waals surface area contributed by atoms with E-state index in [1.165, 1.54) is 0 Å². The average Bonchev–Trinajstić information content (AvgIpc) is 2.84. The van der Waals surface area contributed by atoms with E-state index in [4.69, 9.17) is 5.11 Å². The quantitative estimate of drug-likeness (QED) is 0.853. The first-order chi connectivity index (χ1) is 8.74. The van der Waals surface area contributed by atoms with Crippen LogP contribution in [-0.4, -0.2) is 33.5 Å². The number of nitrogens with zero attached hydrogens (tertiary/aromatic N) is 2. The third-order valence-electron chi connectivity index (χ3n) is 2.47. The van der Waals surface area contributed by atoms with E-state index in [0.717, 1.165) is 34.2 Å². The average molecular weight is 283 g/mol. The van der Waals surface area contributed by atoms with Crippen molar-refractivity contribution in [1.82, 2.24) is 9.97 Å². The predicted octanol–water partition coefficient (Wildman–Crippen LogP) is 2.74. The number of thioether (sulfide) groups is 1. The molecule has 0 aliphatic carbocycles. The number of hydrogen-bond donors (Lipinski definition) is 2. The summed E-state index contributed by atoms with van der Waals surface area (Å²) in [6.45, 7) is 5.09. The van der Waals surface area contributed by atoms with Gasteiger partial charge in [0, 0.05) is 11.8 Å². The van der Waals surface area contributed by atoms with Crippen molar-refractivity contribution in [3.8, 4) is 0 Å². The van der Waals surface area contributed by atoms with Gasteiger partial charge in [-0.3, -0.25) is 0 Å². The van der Waals surface area contributed by atoms with Crippen LogP contribution in [0.15, 0.2) is 11.4 Å². The van der Waals surface area contributed by atoms with Crippen molar-refractivity contribution in [2.24, 2.45) is 0 Å². The zero-order valence-corrected chi connectivity index (χ0v) is 12.1. The molecule has 2 N–H and O–H groups in total. The maximum Gasteiger partial charge on any atom is 0.142 e. The number of aliphatic hydroxyl groups excluding tert-OH is 1. The van der Waals surface area contributed by atoms with E-state index < -0.39 is 0 Å². The second kappa shape index (κ2) is 6.36. The first-order valence-electron chi connectivity index (χ1n) is 5.95. The molecule has 2 aromatic heterocycles. The molecule has 0 fully saturated rings. The Labute approximate surface area is 115 Å². The highest BCUT2D eigenvalue weighted by molar-refractivity contribution is 7.99. The van der Waals surface area contributed by atoms with Gasteiger partial charge in [0.15, 0.2) is 0 Å². The summed E-state index contributed by atoms with van der Waals surface area (Å²) in [5.41, 5.74) is 0. The summed E-state index contributed by atoms with van der Waals surface area (Å²) in [6.07, 6.45) is 0. The Morgan fingerprint density at radius 3 is 3.06 bits per heavy atom. The highest BCUT2D eigenvalue weighted by Crippen LogP contribution is 2.26. The number of aromatic nitrogens is 2. The Morgan fingerprint density at radius 1 is 1.50 bits per heavy atom. The molecule has 0 saturated carbocycles. The topological polar surface area (TPSA) is 58.0 Å². The lowest BCUT2D eigenvalue weighted by Crippen LogP contribution is -2.06. The monoisotopic (exact) mass is 283 g/mol. The molecule has 0 aliphatic heterocycles. The largest absolute Gasteiger partial charge is 0.395 e. The molecule has 0 amide bonds. The molecule has 98 valence electrons. The summed E-state index contributed by atoms with van der Waals surface area (Å²) in [4.78, 5) is 10.1. The van der Waals surface area contributed by atoms with E-state index in [1.54, 1.807) is 23.1 Å². The predicted molar refractivity (Wildman–Crippen MR) is 79.4 cm³/mol. The van der Waals surface area contributed by atoms with E-state index in [0.29, 0.717) is 0 Å². The smallest absolute Gasteiger partial charge is 0.142 e. The van der Waals surface area contributed by atoms with E-state index in [1.807, 2.05) is 18.4 Å². The van der Waals surface area contributed by atoms with Crippen LogP contribution in [-0.2, 0) is 5.75 Å². The summed E-state index contributed by atoms with van der Waals surface area (Å²) in [5.74, 6) is 2.47. The number of thiophene rings is 1. The van der Waals surface area contributed by atoms with Gasteiger partial charge < -0.3 is 10.4 Å². The Hall–Kier alpha value is -0.850. The van der Waals surface area contributed by atoms with Gasteiger partial charge >= 0.3 is 0 Å². The Bertz CT molecular complexity index is 515. The van der Waals surface area contributed by atoms with Crippen LogP contribution < -0.4 is 5.32 Å². The van der Waals surface area contributed by atoms with Gasteiger partial charge in [-0.15, -0.1) is 23.1 Å². The molecule has 2 rings (SSSR count). The first kappa shape index (κ1) is 13.6. The van der Waals surface area contributed by atoms with Gasteiger partial charge in [-0.25, -0.2) is 9.97 Å². The van der Waals surface area contributed by atoms with Crippen molar-refractivity contribution >= 4 is 39.1 Å². The molecule has 18 heavy (non-hydrogen) atoms. The Morgan fingerprint density at radius 2 is 2.33 bits per heavy atom. The number of rotatable bonds is 6. The van der Waals surface area contributed by atoms with E-state index >= 15 is 0 Å².